The van der Waals surface area contributed by atoms with E-state index in [0.29, 0.717) is 5.56 Å². The first-order chi connectivity index (χ1) is 7.18. The number of carbonyl (C=O) groups is 1. The fourth-order valence-electron chi connectivity index (χ4n) is 1.34. The number of nitrogens with two attached hydrogens (primary N) is 1. The number of hydrogen-bond acceptors (Lipinski definition) is 4. The lowest BCUT2D eigenvalue weighted by atomic mass is 10.0. The van der Waals surface area contributed by atoms with Crippen molar-refractivity contribution >= 4 is 17.1 Å². The number of ketones is 1. The second-order valence-electron chi connectivity index (χ2n) is 3.30. The van der Waals surface area contributed by atoms with Crippen molar-refractivity contribution in [1.29, 1.82) is 0 Å². The van der Waals surface area contributed by atoms with Crippen molar-refractivity contribution in [2.24, 2.45) is 12.8 Å². The summed E-state index contributed by atoms with van der Waals surface area (Å²) in [5.41, 5.74) is 7.25. The van der Waals surface area contributed by atoms with Crippen LogP contribution in [-0.4, -0.2) is 15.6 Å². The molecule has 1 unspecified atom stereocenters. The summed E-state index contributed by atoms with van der Waals surface area (Å²) < 4.78 is 1.64. The van der Waals surface area contributed by atoms with Crippen LogP contribution in [0.3, 0.4) is 0 Å². The van der Waals surface area contributed by atoms with Crippen molar-refractivity contribution in [2.45, 2.75) is 6.04 Å². The van der Waals surface area contributed by atoms with Crippen molar-refractivity contribution in [3.8, 4) is 0 Å². The highest BCUT2D eigenvalue weighted by Crippen LogP contribution is 2.17. The highest BCUT2D eigenvalue weighted by atomic mass is 32.1. The molecule has 0 spiro atoms. The number of thiophene rings is 1. The van der Waals surface area contributed by atoms with E-state index in [2.05, 4.69) is 5.10 Å². The molecule has 0 fully saturated rings. The van der Waals surface area contributed by atoms with Gasteiger partial charge in [-0.3, -0.25) is 9.48 Å². The van der Waals surface area contributed by atoms with Gasteiger partial charge in [-0.15, -0.1) is 0 Å². The van der Waals surface area contributed by atoms with E-state index < -0.39 is 6.04 Å². The van der Waals surface area contributed by atoms with Crippen LogP contribution in [0.25, 0.3) is 0 Å². The van der Waals surface area contributed by atoms with Crippen LogP contribution >= 0.6 is 11.3 Å². The van der Waals surface area contributed by atoms with Crippen LogP contribution in [0.2, 0.25) is 0 Å². The van der Waals surface area contributed by atoms with E-state index >= 15 is 0 Å². The highest BCUT2D eigenvalue weighted by Gasteiger charge is 2.18. The first kappa shape index (κ1) is 10.1. The summed E-state index contributed by atoms with van der Waals surface area (Å²) in [4.78, 5) is 11.9. The van der Waals surface area contributed by atoms with Gasteiger partial charge in [0.25, 0.3) is 0 Å². The number of hydrogen-bond donors (Lipinski definition) is 1. The maximum atomic E-state index is 11.9. The van der Waals surface area contributed by atoms with E-state index in [1.807, 2.05) is 5.38 Å². The average molecular weight is 221 g/mol. The Hall–Kier alpha value is -1.46. The van der Waals surface area contributed by atoms with Crippen molar-refractivity contribution in [2.75, 3.05) is 0 Å². The smallest absolute Gasteiger partial charge is 0.184 e. The Morgan fingerprint density at radius 3 is 3.00 bits per heavy atom. The zero-order valence-corrected chi connectivity index (χ0v) is 9.07. The minimum Gasteiger partial charge on any atom is -0.317 e. The molecule has 0 saturated heterocycles. The van der Waals surface area contributed by atoms with Crippen LogP contribution < -0.4 is 5.73 Å². The standard InChI is InChI=1S/C10H11N3OS/c1-13-5-8(4-12-13)9(11)10(14)7-2-3-15-6-7/h2-6,9H,11H2,1H3. The van der Waals surface area contributed by atoms with Crippen molar-refractivity contribution in [1.82, 2.24) is 9.78 Å². The third-order valence-electron chi connectivity index (χ3n) is 2.17. The fourth-order valence-corrected chi connectivity index (χ4v) is 1.98. The Morgan fingerprint density at radius 1 is 1.67 bits per heavy atom. The predicted octanol–water partition coefficient (Wildman–Crippen LogP) is 1.36. The van der Waals surface area contributed by atoms with Gasteiger partial charge in [-0.05, 0) is 11.4 Å². The first-order valence-electron chi connectivity index (χ1n) is 4.49. The molecule has 2 N–H and O–H groups in total. The molecule has 0 aliphatic carbocycles. The SMILES string of the molecule is Cn1cc(C(N)C(=O)c2ccsc2)cn1. The molecule has 0 saturated carbocycles. The summed E-state index contributed by atoms with van der Waals surface area (Å²) >= 11 is 1.49. The molecule has 5 heteroatoms. The summed E-state index contributed by atoms with van der Waals surface area (Å²) in [5, 5.41) is 7.66. The van der Waals surface area contributed by atoms with Gasteiger partial charge >= 0.3 is 0 Å². The molecule has 0 aliphatic heterocycles. The molecule has 78 valence electrons. The topological polar surface area (TPSA) is 60.9 Å². The van der Waals surface area contributed by atoms with Crippen molar-refractivity contribution in [3.05, 3.63) is 40.3 Å². The maximum absolute atomic E-state index is 11.9. The second kappa shape index (κ2) is 3.96. The van der Waals surface area contributed by atoms with Crippen molar-refractivity contribution < 1.29 is 4.79 Å². The normalized spacial score (nSPS) is 12.7. The van der Waals surface area contributed by atoms with Crippen LogP contribution in [0.15, 0.2) is 29.2 Å². The van der Waals surface area contributed by atoms with Gasteiger partial charge in [0.05, 0.1) is 12.2 Å². The van der Waals surface area contributed by atoms with Gasteiger partial charge in [0.2, 0.25) is 0 Å². The average Bonchev–Trinajstić information content (AvgIpc) is 2.85. The molecule has 15 heavy (non-hydrogen) atoms. The Labute approximate surface area is 91.3 Å². The van der Waals surface area contributed by atoms with E-state index in [9.17, 15) is 4.79 Å². The van der Waals surface area contributed by atoms with Gasteiger partial charge in [-0.2, -0.15) is 16.4 Å². The highest BCUT2D eigenvalue weighted by molar-refractivity contribution is 7.08. The largest absolute Gasteiger partial charge is 0.317 e. The molecule has 0 amide bonds. The van der Waals surface area contributed by atoms with E-state index in [1.165, 1.54) is 11.3 Å². The molecule has 0 bridgehead atoms. The van der Waals surface area contributed by atoms with Crippen LogP contribution in [-0.2, 0) is 7.05 Å². The minimum absolute atomic E-state index is 0.0655. The number of carbonyl (C=O) groups excluding carboxylic acids is 1. The molecule has 2 rings (SSSR count). The van der Waals surface area contributed by atoms with Gasteiger partial charge in [0, 0.05) is 29.8 Å². The van der Waals surface area contributed by atoms with Crippen molar-refractivity contribution in [3.63, 3.8) is 0 Å². The Kier molecular flexibility index (Phi) is 2.66. The summed E-state index contributed by atoms with van der Waals surface area (Å²) in [6, 6.07) is 1.16. The van der Waals surface area contributed by atoms with Gasteiger partial charge < -0.3 is 5.73 Å². The Bertz CT molecular complexity index is 461. The number of aromatic nitrogens is 2. The van der Waals surface area contributed by atoms with Gasteiger partial charge in [-0.25, -0.2) is 0 Å². The molecule has 0 radical (unpaired) electrons. The molecule has 4 nitrogen and oxygen atoms in total. The van der Waals surface area contributed by atoms with E-state index in [0.717, 1.165) is 5.56 Å². The lowest BCUT2D eigenvalue weighted by Crippen LogP contribution is -2.20. The molecular formula is C10H11N3OS. The van der Waals surface area contributed by atoms with E-state index in [4.69, 9.17) is 5.73 Å². The summed E-state index contributed by atoms with van der Waals surface area (Å²) in [5.74, 6) is -0.0655. The molecule has 1 atom stereocenters. The lowest BCUT2D eigenvalue weighted by Gasteiger charge is -2.05. The Balaban J connectivity index is 2.22. The zero-order valence-electron chi connectivity index (χ0n) is 8.25. The van der Waals surface area contributed by atoms with Gasteiger partial charge in [0.15, 0.2) is 5.78 Å². The van der Waals surface area contributed by atoms with Crippen LogP contribution in [0.4, 0.5) is 0 Å². The molecule has 2 aromatic heterocycles. The molecular weight excluding hydrogens is 210 g/mol. The fraction of sp³-hybridized carbons (Fsp3) is 0.200. The van der Waals surface area contributed by atoms with E-state index in [-0.39, 0.29) is 5.78 Å². The van der Waals surface area contributed by atoms with Crippen LogP contribution in [0, 0.1) is 0 Å². The van der Waals surface area contributed by atoms with Crippen LogP contribution in [0.1, 0.15) is 22.0 Å². The predicted molar refractivity (Wildman–Crippen MR) is 58.8 cm³/mol. The number of rotatable bonds is 3. The summed E-state index contributed by atoms with van der Waals surface area (Å²) in [6.45, 7) is 0. The molecule has 0 aliphatic rings. The quantitative estimate of drug-likeness (QED) is 0.796. The molecule has 2 heterocycles. The molecule has 2 aromatic rings. The van der Waals surface area contributed by atoms with Gasteiger partial charge in [-0.1, -0.05) is 0 Å². The monoisotopic (exact) mass is 221 g/mol. The third kappa shape index (κ3) is 1.98. The third-order valence-corrected chi connectivity index (χ3v) is 2.86. The zero-order chi connectivity index (χ0) is 10.8. The summed E-state index contributed by atoms with van der Waals surface area (Å²) in [6.07, 6.45) is 3.38. The first-order valence-corrected chi connectivity index (χ1v) is 5.43. The van der Waals surface area contributed by atoms with Gasteiger partial charge in [0.1, 0.15) is 0 Å². The van der Waals surface area contributed by atoms with E-state index in [1.54, 1.807) is 35.6 Å². The van der Waals surface area contributed by atoms with Crippen LogP contribution in [0.5, 0.6) is 0 Å². The summed E-state index contributed by atoms with van der Waals surface area (Å²) in [7, 11) is 1.80. The number of aryl methyl sites for hydroxylation is 1. The lowest BCUT2D eigenvalue weighted by molar-refractivity contribution is 0.0962. The number of nitrogens with zero attached hydrogens (tertiary/aromatic N) is 2. The second-order valence-corrected chi connectivity index (χ2v) is 4.08. The minimum atomic E-state index is -0.617. The number of Topliss-reactive ketones (excluding diaryl/α,β-unsaturated/α-hetero) is 1. The molecule has 0 aromatic carbocycles. The Morgan fingerprint density at radius 2 is 2.47 bits per heavy atom. The maximum Gasteiger partial charge on any atom is 0.184 e.